The van der Waals surface area contributed by atoms with Gasteiger partial charge in [0.15, 0.2) is 11.5 Å². The number of aromatic amines is 1. The molecule has 0 spiro atoms. The monoisotopic (exact) mass is 452 g/mol. The van der Waals surface area contributed by atoms with Crippen LogP contribution in [0.5, 0.6) is 17.2 Å². The number of carbonyl (C=O) groups excluding carboxylic acids is 1. The number of aryl methyl sites for hydroxylation is 1. The normalized spacial score (nSPS) is 11.2. The summed E-state index contributed by atoms with van der Waals surface area (Å²) in [5.41, 5.74) is 4.87. The average Bonchev–Trinajstić information content (AvgIpc) is 3.17. The van der Waals surface area contributed by atoms with Crippen molar-refractivity contribution in [3.63, 3.8) is 0 Å². The molecule has 0 unspecified atom stereocenters. The van der Waals surface area contributed by atoms with Gasteiger partial charge in [0, 0.05) is 11.3 Å². The number of amides is 1. The number of nitrogens with one attached hydrogen (secondary N) is 2. The number of para-hydroxylation sites is 1. The highest BCUT2D eigenvalue weighted by molar-refractivity contribution is 6.01. The quantitative estimate of drug-likeness (QED) is 0.383. The van der Waals surface area contributed by atoms with Gasteiger partial charge in [-0.2, -0.15) is 5.10 Å². The lowest BCUT2D eigenvalue weighted by Gasteiger charge is -2.13. The fraction of sp³-hybridized carbons (Fsp3) is 0.292. The van der Waals surface area contributed by atoms with Crippen LogP contribution >= 0.6 is 0 Å². The maximum atomic E-state index is 13.1. The topological polar surface area (TPSA) is 107 Å². The van der Waals surface area contributed by atoms with Gasteiger partial charge in [-0.15, -0.1) is 0 Å². The Bertz CT molecular complexity index is 1190. The van der Waals surface area contributed by atoms with Crippen molar-refractivity contribution >= 4 is 11.6 Å². The molecule has 174 valence electrons. The number of nitrogens with zero attached hydrogens (tertiary/aromatic N) is 2. The van der Waals surface area contributed by atoms with Gasteiger partial charge in [0.1, 0.15) is 0 Å². The van der Waals surface area contributed by atoms with E-state index < -0.39 is 5.91 Å². The van der Waals surface area contributed by atoms with Gasteiger partial charge in [0.05, 0.1) is 38.3 Å². The van der Waals surface area contributed by atoms with Gasteiger partial charge in [-0.05, 0) is 37.6 Å². The number of hydrogen-bond acceptors (Lipinski definition) is 6. The lowest BCUT2D eigenvalue weighted by atomic mass is 10.1. The number of aromatic nitrogens is 2. The summed E-state index contributed by atoms with van der Waals surface area (Å²) in [6.45, 7) is 3.72. The molecule has 1 heterocycles. The van der Waals surface area contributed by atoms with Crippen LogP contribution < -0.4 is 25.2 Å². The Morgan fingerprint density at radius 1 is 1.06 bits per heavy atom. The Morgan fingerprint density at radius 3 is 2.24 bits per heavy atom. The first-order chi connectivity index (χ1) is 15.9. The molecule has 0 bridgehead atoms. The number of methoxy groups -OCH3 is 3. The van der Waals surface area contributed by atoms with Gasteiger partial charge < -0.3 is 14.2 Å². The van der Waals surface area contributed by atoms with Crippen LogP contribution in [0.3, 0.4) is 0 Å². The van der Waals surface area contributed by atoms with E-state index in [9.17, 15) is 9.59 Å². The molecular formula is C24H28N4O5. The van der Waals surface area contributed by atoms with E-state index in [1.165, 1.54) is 38.1 Å². The van der Waals surface area contributed by atoms with Gasteiger partial charge >= 0.3 is 0 Å². The number of benzene rings is 2. The first-order valence-corrected chi connectivity index (χ1v) is 10.5. The molecule has 2 aromatic carbocycles. The molecule has 0 saturated heterocycles. The van der Waals surface area contributed by atoms with Crippen molar-refractivity contribution in [2.24, 2.45) is 5.10 Å². The minimum Gasteiger partial charge on any atom is -0.493 e. The highest BCUT2D eigenvalue weighted by Gasteiger charge is 2.19. The Hall–Kier alpha value is -4.01. The van der Waals surface area contributed by atoms with Crippen molar-refractivity contribution in [1.82, 2.24) is 15.2 Å². The Labute approximate surface area is 192 Å². The first kappa shape index (κ1) is 23.6. The zero-order chi connectivity index (χ0) is 24.0. The number of hydrogen-bond donors (Lipinski definition) is 2. The molecule has 9 heteroatoms. The molecule has 33 heavy (non-hydrogen) atoms. The molecular weight excluding hydrogens is 424 g/mol. The summed E-state index contributed by atoms with van der Waals surface area (Å²) in [6, 6.07) is 12.4. The molecule has 0 aliphatic carbocycles. The van der Waals surface area contributed by atoms with Crippen molar-refractivity contribution in [3.8, 4) is 22.9 Å². The van der Waals surface area contributed by atoms with Crippen molar-refractivity contribution in [3.05, 3.63) is 69.6 Å². The summed E-state index contributed by atoms with van der Waals surface area (Å²) >= 11 is 0. The van der Waals surface area contributed by atoms with Crippen LogP contribution in [0.2, 0.25) is 0 Å². The Balaban J connectivity index is 1.93. The van der Waals surface area contributed by atoms with E-state index in [1.54, 1.807) is 6.92 Å². The zero-order valence-corrected chi connectivity index (χ0v) is 19.4. The van der Waals surface area contributed by atoms with Crippen LogP contribution in [0.4, 0.5) is 0 Å². The van der Waals surface area contributed by atoms with Crippen LogP contribution in [0.1, 0.15) is 41.9 Å². The Kier molecular flexibility index (Phi) is 7.55. The Morgan fingerprint density at radius 2 is 1.70 bits per heavy atom. The van der Waals surface area contributed by atoms with Crippen LogP contribution in [-0.2, 0) is 6.42 Å². The third-order valence-corrected chi connectivity index (χ3v) is 5.09. The fourth-order valence-electron chi connectivity index (χ4n) is 3.51. The summed E-state index contributed by atoms with van der Waals surface area (Å²) < 4.78 is 17.4. The molecule has 3 aromatic rings. The highest BCUT2D eigenvalue weighted by atomic mass is 16.5. The third kappa shape index (κ3) is 4.92. The number of ether oxygens (including phenoxy) is 3. The average molecular weight is 453 g/mol. The van der Waals surface area contributed by atoms with Gasteiger partial charge in [-0.1, -0.05) is 31.5 Å². The van der Waals surface area contributed by atoms with E-state index in [1.807, 2.05) is 37.3 Å². The van der Waals surface area contributed by atoms with Gasteiger partial charge in [0.25, 0.3) is 11.5 Å². The van der Waals surface area contributed by atoms with E-state index in [4.69, 9.17) is 14.2 Å². The van der Waals surface area contributed by atoms with Crippen molar-refractivity contribution in [2.45, 2.75) is 26.7 Å². The maximum Gasteiger partial charge on any atom is 0.280 e. The van der Waals surface area contributed by atoms with Crippen LogP contribution in [-0.4, -0.2) is 42.7 Å². The fourth-order valence-corrected chi connectivity index (χ4v) is 3.51. The maximum absolute atomic E-state index is 13.1. The SMILES string of the molecule is CCCc1[nH]n(-c2ccccc2)c(=O)c1/C(C)=N/NC(=O)c1cc(OC)c(OC)c(OC)c1. The lowest BCUT2D eigenvalue weighted by molar-refractivity contribution is 0.0954. The second kappa shape index (κ2) is 10.5. The number of H-pyrrole nitrogens is 1. The molecule has 2 N–H and O–H groups in total. The predicted molar refractivity (Wildman–Crippen MR) is 126 cm³/mol. The summed E-state index contributed by atoms with van der Waals surface area (Å²) in [5.74, 6) is 0.604. The molecule has 1 amide bonds. The molecule has 0 saturated carbocycles. The summed E-state index contributed by atoms with van der Waals surface area (Å²) in [6.07, 6.45) is 1.50. The van der Waals surface area contributed by atoms with Crippen LogP contribution in [0.25, 0.3) is 5.69 Å². The van der Waals surface area contributed by atoms with Crippen molar-refractivity contribution < 1.29 is 19.0 Å². The second-order valence-electron chi connectivity index (χ2n) is 7.24. The molecule has 1 aromatic heterocycles. The number of hydrazone groups is 1. The molecule has 0 radical (unpaired) electrons. The van der Waals surface area contributed by atoms with Gasteiger partial charge in [0.2, 0.25) is 5.75 Å². The summed E-state index contributed by atoms with van der Waals surface area (Å²) in [5, 5.41) is 7.38. The summed E-state index contributed by atoms with van der Waals surface area (Å²) in [7, 11) is 4.43. The van der Waals surface area contributed by atoms with Crippen molar-refractivity contribution in [1.29, 1.82) is 0 Å². The third-order valence-electron chi connectivity index (χ3n) is 5.09. The summed E-state index contributed by atoms with van der Waals surface area (Å²) in [4.78, 5) is 25.9. The smallest absolute Gasteiger partial charge is 0.280 e. The van der Waals surface area contributed by atoms with Gasteiger partial charge in [-0.25, -0.2) is 10.1 Å². The van der Waals surface area contributed by atoms with E-state index in [-0.39, 0.29) is 11.1 Å². The lowest BCUT2D eigenvalue weighted by Crippen LogP contribution is -2.23. The van der Waals surface area contributed by atoms with Crippen LogP contribution in [0, 0.1) is 0 Å². The van der Waals surface area contributed by atoms with E-state index in [2.05, 4.69) is 15.6 Å². The number of carbonyl (C=O) groups is 1. The van der Waals surface area contributed by atoms with Crippen molar-refractivity contribution in [2.75, 3.05) is 21.3 Å². The van der Waals surface area contributed by atoms with Crippen LogP contribution in [0.15, 0.2) is 52.4 Å². The molecule has 3 rings (SSSR count). The second-order valence-corrected chi connectivity index (χ2v) is 7.24. The standard InChI is InChI=1S/C24H28N4O5/c1-6-10-18-21(24(30)28(27-18)17-11-8-7-9-12-17)15(2)25-26-23(29)16-13-19(31-3)22(33-5)20(14-16)32-4/h7-9,11-14,27H,6,10H2,1-5H3,(H,26,29)/b25-15+. The molecule has 0 atom stereocenters. The largest absolute Gasteiger partial charge is 0.493 e. The molecule has 9 nitrogen and oxygen atoms in total. The molecule has 0 aliphatic rings. The molecule has 0 fully saturated rings. The first-order valence-electron chi connectivity index (χ1n) is 10.5. The minimum absolute atomic E-state index is 0.229. The zero-order valence-electron chi connectivity index (χ0n) is 19.4. The predicted octanol–water partition coefficient (Wildman–Crippen LogP) is 3.30. The highest BCUT2D eigenvalue weighted by Crippen LogP contribution is 2.38. The molecule has 0 aliphatic heterocycles. The number of rotatable bonds is 9. The minimum atomic E-state index is -0.482. The van der Waals surface area contributed by atoms with E-state index in [0.29, 0.717) is 34.9 Å². The van der Waals surface area contributed by atoms with E-state index in [0.717, 1.165) is 17.8 Å². The van der Waals surface area contributed by atoms with E-state index >= 15 is 0 Å². The van der Waals surface area contributed by atoms with Gasteiger partial charge in [-0.3, -0.25) is 14.7 Å².